The number of nitrogens with one attached hydrogen (secondary N) is 1. The number of hydrogen-bond donors (Lipinski definition) is 1. The van der Waals surface area contributed by atoms with Crippen LogP contribution in [0.25, 0.3) is 5.65 Å². The molecule has 2 aromatic heterocycles. The van der Waals surface area contributed by atoms with Gasteiger partial charge in [0.25, 0.3) is 0 Å². The number of likely N-dealkylation sites (N-methyl/N-ethyl adjacent to an activating group) is 1. The Bertz CT molecular complexity index is 700. The first-order valence-corrected chi connectivity index (χ1v) is 8.10. The van der Waals surface area contributed by atoms with Crippen LogP contribution in [0.5, 0.6) is 0 Å². The molecule has 0 saturated carbocycles. The third-order valence-corrected chi connectivity index (χ3v) is 4.52. The summed E-state index contributed by atoms with van der Waals surface area (Å²) in [6.45, 7) is 1.58. The van der Waals surface area contributed by atoms with Crippen LogP contribution in [0.15, 0.2) is 18.5 Å². The van der Waals surface area contributed by atoms with Gasteiger partial charge in [-0.25, -0.2) is 4.98 Å². The standard InChI is InChI=1S/C15H18Cl2N4O/c1-18-11-3-2-4-20(8-11)14(22)6-12-9-21-7-10(16)5-13(17)15(21)19-12/h5,7,9,11,18H,2-4,6,8H2,1H3. The number of imidazole rings is 1. The van der Waals surface area contributed by atoms with Crippen LogP contribution >= 0.6 is 23.2 Å². The van der Waals surface area contributed by atoms with Gasteiger partial charge in [-0.15, -0.1) is 0 Å². The van der Waals surface area contributed by atoms with Crippen LogP contribution in [0.2, 0.25) is 10.0 Å². The van der Waals surface area contributed by atoms with Crippen molar-refractivity contribution in [3.05, 3.63) is 34.2 Å². The van der Waals surface area contributed by atoms with E-state index in [4.69, 9.17) is 23.2 Å². The van der Waals surface area contributed by atoms with Gasteiger partial charge in [0, 0.05) is 31.5 Å². The SMILES string of the molecule is CNC1CCCN(C(=O)Cc2cn3cc(Cl)cc(Cl)c3n2)C1. The van der Waals surface area contributed by atoms with E-state index in [0.29, 0.717) is 27.4 Å². The average molecular weight is 341 g/mol. The largest absolute Gasteiger partial charge is 0.341 e. The summed E-state index contributed by atoms with van der Waals surface area (Å²) in [6.07, 6.45) is 5.98. The molecule has 1 saturated heterocycles. The molecule has 0 aromatic carbocycles. The highest BCUT2D eigenvalue weighted by atomic mass is 35.5. The number of amides is 1. The lowest BCUT2D eigenvalue weighted by atomic mass is 10.1. The fourth-order valence-corrected chi connectivity index (χ4v) is 3.39. The molecule has 1 aliphatic heterocycles. The van der Waals surface area contributed by atoms with Crippen LogP contribution in [0, 0.1) is 0 Å². The molecule has 1 aliphatic rings. The van der Waals surface area contributed by atoms with Crippen molar-refractivity contribution >= 4 is 34.8 Å². The van der Waals surface area contributed by atoms with E-state index in [9.17, 15) is 4.79 Å². The van der Waals surface area contributed by atoms with Gasteiger partial charge in [0.05, 0.1) is 22.2 Å². The van der Waals surface area contributed by atoms with Gasteiger partial charge in [-0.1, -0.05) is 23.2 Å². The molecule has 118 valence electrons. The highest BCUT2D eigenvalue weighted by Crippen LogP contribution is 2.22. The molecule has 1 N–H and O–H groups in total. The van der Waals surface area contributed by atoms with Gasteiger partial charge in [-0.2, -0.15) is 0 Å². The second-order valence-electron chi connectivity index (χ2n) is 5.61. The van der Waals surface area contributed by atoms with Crippen LogP contribution in [-0.4, -0.2) is 46.4 Å². The average Bonchev–Trinajstić information content (AvgIpc) is 2.90. The fraction of sp³-hybridized carbons (Fsp3) is 0.467. The van der Waals surface area contributed by atoms with E-state index in [-0.39, 0.29) is 12.3 Å². The van der Waals surface area contributed by atoms with Crippen LogP contribution in [0.4, 0.5) is 0 Å². The predicted molar refractivity (Wildman–Crippen MR) is 87.6 cm³/mol. The quantitative estimate of drug-likeness (QED) is 0.933. The van der Waals surface area contributed by atoms with Gasteiger partial charge in [0.2, 0.25) is 5.91 Å². The fourth-order valence-electron chi connectivity index (χ4n) is 2.87. The summed E-state index contributed by atoms with van der Waals surface area (Å²) in [7, 11) is 1.94. The van der Waals surface area contributed by atoms with Gasteiger partial charge >= 0.3 is 0 Å². The summed E-state index contributed by atoms with van der Waals surface area (Å²) >= 11 is 12.1. The monoisotopic (exact) mass is 340 g/mol. The van der Waals surface area contributed by atoms with Gasteiger partial charge in [0.15, 0.2) is 5.65 Å². The highest BCUT2D eigenvalue weighted by molar-refractivity contribution is 6.36. The number of piperidine rings is 1. The Morgan fingerprint density at radius 3 is 3.05 bits per heavy atom. The summed E-state index contributed by atoms with van der Waals surface area (Å²) in [5, 5.41) is 4.27. The van der Waals surface area contributed by atoms with Crippen molar-refractivity contribution in [1.82, 2.24) is 19.6 Å². The van der Waals surface area contributed by atoms with E-state index in [2.05, 4.69) is 10.3 Å². The number of nitrogens with zero attached hydrogens (tertiary/aromatic N) is 3. The molecular formula is C15H18Cl2N4O. The summed E-state index contributed by atoms with van der Waals surface area (Å²) < 4.78 is 1.76. The Balaban J connectivity index is 1.75. The first kappa shape index (κ1) is 15.6. The van der Waals surface area contributed by atoms with Gasteiger partial charge in [-0.3, -0.25) is 4.79 Å². The maximum atomic E-state index is 12.4. The molecule has 1 unspecified atom stereocenters. The molecule has 5 nitrogen and oxygen atoms in total. The molecule has 22 heavy (non-hydrogen) atoms. The molecule has 0 aliphatic carbocycles. The number of carbonyl (C=O) groups is 1. The summed E-state index contributed by atoms with van der Waals surface area (Å²) in [5.41, 5.74) is 1.33. The summed E-state index contributed by atoms with van der Waals surface area (Å²) in [5.74, 6) is 0.102. The van der Waals surface area contributed by atoms with E-state index in [1.165, 1.54) is 0 Å². The van der Waals surface area contributed by atoms with E-state index < -0.39 is 0 Å². The molecule has 7 heteroatoms. The minimum Gasteiger partial charge on any atom is -0.341 e. The molecule has 1 atom stereocenters. The number of hydrogen-bond acceptors (Lipinski definition) is 3. The van der Waals surface area contributed by atoms with Gasteiger partial charge in [0.1, 0.15) is 0 Å². The van der Waals surface area contributed by atoms with E-state index in [1.807, 2.05) is 18.1 Å². The van der Waals surface area contributed by atoms with Crippen LogP contribution in [0.3, 0.4) is 0 Å². The zero-order valence-electron chi connectivity index (χ0n) is 12.4. The Hall–Kier alpha value is -1.30. The van der Waals surface area contributed by atoms with Crippen molar-refractivity contribution in [2.75, 3.05) is 20.1 Å². The van der Waals surface area contributed by atoms with Crippen molar-refractivity contribution in [3.8, 4) is 0 Å². The normalized spacial score (nSPS) is 18.9. The minimum absolute atomic E-state index is 0.102. The van der Waals surface area contributed by atoms with Crippen molar-refractivity contribution < 1.29 is 4.79 Å². The van der Waals surface area contributed by atoms with E-state index in [0.717, 1.165) is 25.9 Å². The van der Waals surface area contributed by atoms with Crippen LogP contribution in [-0.2, 0) is 11.2 Å². The van der Waals surface area contributed by atoms with Gasteiger partial charge in [-0.05, 0) is 26.0 Å². The van der Waals surface area contributed by atoms with E-state index in [1.54, 1.807) is 16.7 Å². The number of halogens is 2. The predicted octanol–water partition coefficient (Wildman–Crippen LogP) is 2.39. The molecule has 1 fully saturated rings. The first-order chi connectivity index (χ1) is 10.6. The first-order valence-electron chi connectivity index (χ1n) is 7.34. The lowest BCUT2D eigenvalue weighted by Gasteiger charge is -2.32. The third-order valence-electron chi connectivity index (χ3n) is 4.04. The molecule has 0 bridgehead atoms. The van der Waals surface area contributed by atoms with Crippen molar-refractivity contribution in [2.45, 2.75) is 25.3 Å². The zero-order chi connectivity index (χ0) is 15.7. The Morgan fingerprint density at radius 1 is 1.45 bits per heavy atom. The number of pyridine rings is 1. The summed E-state index contributed by atoms with van der Waals surface area (Å²) in [4.78, 5) is 18.8. The maximum Gasteiger partial charge on any atom is 0.228 e. The van der Waals surface area contributed by atoms with Crippen LogP contribution < -0.4 is 5.32 Å². The van der Waals surface area contributed by atoms with E-state index >= 15 is 0 Å². The third kappa shape index (κ3) is 3.21. The molecular weight excluding hydrogens is 323 g/mol. The van der Waals surface area contributed by atoms with Gasteiger partial charge < -0.3 is 14.6 Å². The zero-order valence-corrected chi connectivity index (χ0v) is 13.9. The Kier molecular flexibility index (Phi) is 4.57. The molecule has 3 heterocycles. The topological polar surface area (TPSA) is 49.6 Å². The second-order valence-corrected chi connectivity index (χ2v) is 6.46. The van der Waals surface area contributed by atoms with Crippen molar-refractivity contribution in [3.63, 3.8) is 0 Å². The highest BCUT2D eigenvalue weighted by Gasteiger charge is 2.23. The molecule has 1 amide bonds. The number of aromatic nitrogens is 2. The number of carbonyl (C=O) groups excluding carboxylic acids is 1. The van der Waals surface area contributed by atoms with Crippen LogP contribution in [0.1, 0.15) is 18.5 Å². The molecule has 0 spiro atoms. The molecule has 2 aromatic rings. The number of fused-ring (bicyclic) bond motifs is 1. The van der Waals surface area contributed by atoms with Crippen molar-refractivity contribution in [1.29, 1.82) is 0 Å². The smallest absolute Gasteiger partial charge is 0.228 e. The summed E-state index contributed by atoms with van der Waals surface area (Å²) in [6, 6.07) is 2.03. The maximum absolute atomic E-state index is 12.4. The minimum atomic E-state index is 0.102. The lowest BCUT2D eigenvalue weighted by molar-refractivity contribution is -0.131. The lowest BCUT2D eigenvalue weighted by Crippen LogP contribution is -2.47. The molecule has 0 radical (unpaired) electrons. The Morgan fingerprint density at radius 2 is 2.27 bits per heavy atom. The van der Waals surface area contributed by atoms with Crippen molar-refractivity contribution in [2.24, 2.45) is 0 Å². The number of likely N-dealkylation sites (tertiary alicyclic amines) is 1. The molecule has 3 rings (SSSR count). The Labute approximate surface area is 139 Å². The second kappa shape index (κ2) is 6.44. The number of rotatable bonds is 3.